The third-order valence-corrected chi connectivity index (χ3v) is 12.1. The SMILES string of the molecule is c1ccc(-c2nc(-c3ccc(-c4cc5ccccc5s4)cc3)cc(-c3ccc(-c4c5ccccc5cc5c4ccc4ccccc45)c4ccccc34)n2)cc1. The molecule has 0 aliphatic rings. The van der Waals surface area contributed by atoms with E-state index in [0.29, 0.717) is 5.82 Å². The highest BCUT2D eigenvalue weighted by Crippen LogP contribution is 2.44. The van der Waals surface area contributed by atoms with E-state index in [0.717, 1.165) is 33.5 Å². The van der Waals surface area contributed by atoms with Crippen molar-refractivity contribution in [3.05, 3.63) is 194 Å². The topological polar surface area (TPSA) is 25.8 Å². The molecular weight excluding hydrogens is 685 g/mol. The zero-order valence-electron chi connectivity index (χ0n) is 29.8. The summed E-state index contributed by atoms with van der Waals surface area (Å²) in [4.78, 5) is 11.7. The van der Waals surface area contributed by atoms with Crippen LogP contribution in [0.3, 0.4) is 0 Å². The van der Waals surface area contributed by atoms with Crippen LogP contribution in [0.2, 0.25) is 0 Å². The number of fused-ring (bicyclic) bond motifs is 6. The molecule has 2 heterocycles. The average molecular weight is 717 g/mol. The lowest BCUT2D eigenvalue weighted by molar-refractivity contribution is 1.18. The fraction of sp³-hybridized carbons (Fsp3) is 0. The van der Waals surface area contributed by atoms with E-state index < -0.39 is 0 Å². The molecule has 0 amide bonds. The van der Waals surface area contributed by atoms with E-state index in [-0.39, 0.29) is 0 Å². The van der Waals surface area contributed by atoms with Gasteiger partial charge in [-0.15, -0.1) is 11.3 Å². The van der Waals surface area contributed by atoms with Crippen LogP contribution in [0, 0.1) is 0 Å². The highest BCUT2D eigenvalue weighted by Gasteiger charge is 2.18. The first kappa shape index (κ1) is 31.6. The van der Waals surface area contributed by atoms with Gasteiger partial charge in [0.05, 0.1) is 11.4 Å². The van der Waals surface area contributed by atoms with Crippen LogP contribution in [0.1, 0.15) is 0 Å². The lowest BCUT2D eigenvalue weighted by atomic mass is 9.86. The number of rotatable bonds is 5. The first-order valence-corrected chi connectivity index (χ1v) is 19.5. The van der Waals surface area contributed by atoms with Crippen molar-refractivity contribution in [3.8, 4) is 55.5 Å². The van der Waals surface area contributed by atoms with Crippen LogP contribution in [0.25, 0.3) is 109 Å². The van der Waals surface area contributed by atoms with Crippen LogP contribution in [0.15, 0.2) is 194 Å². The molecule has 2 nitrogen and oxygen atoms in total. The van der Waals surface area contributed by atoms with Crippen LogP contribution >= 0.6 is 11.3 Å². The predicted molar refractivity (Wildman–Crippen MR) is 235 cm³/mol. The second-order valence-electron chi connectivity index (χ2n) is 14.1. The third kappa shape index (κ3) is 5.40. The van der Waals surface area contributed by atoms with E-state index in [1.54, 1.807) is 0 Å². The van der Waals surface area contributed by atoms with Crippen LogP contribution in [-0.4, -0.2) is 9.97 Å². The number of aromatic nitrogens is 2. The quantitative estimate of drug-likeness (QED) is 0.131. The van der Waals surface area contributed by atoms with E-state index in [9.17, 15) is 0 Å². The fourth-order valence-corrected chi connectivity index (χ4v) is 9.30. The Morgan fingerprint density at radius 2 is 0.945 bits per heavy atom. The van der Waals surface area contributed by atoms with Crippen LogP contribution in [0.5, 0.6) is 0 Å². The van der Waals surface area contributed by atoms with Crippen molar-refractivity contribution in [2.45, 2.75) is 0 Å². The van der Waals surface area contributed by atoms with Gasteiger partial charge in [0.25, 0.3) is 0 Å². The molecule has 9 aromatic carbocycles. The summed E-state index contributed by atoms with van der Waals surface area (Å²) < 4.78 is 1.30. The molecule has 3 heteroatoms. The van der Waals surface area contributed by atoms with E-state index in [1.165, 1.54) is 69.4 Å². The zero-order valence-corrected chi connectivity index (χ0v) is 30.6. The number of benzene rings is 9. The lowest BCUT2D eigenvalue weighted by Gasteiger charge is -2.17. The summed E-state index contributed by atoms with van der Waals surface area (Å²) in [5.74, 6) is 0.710. The number of hydrogen-bond donors (Lipinski definition) is 0. The molecule has 11 rings (SSSR count). The Kier molecular flexibility index (Phi) is 7.39. The van der Waals surface area contributed by atoms with Gasteiger partial charge in [0.15, 0.2) is 5.82 Å². The molecule has 0 spiro atoms. The molecule has 0 atom stereocenters. The Morgan fingerprint density at radius 1 is 0.327 bits per heavy atom. The van der Waals surface area contributed by atoms with Gasteiger partial charge in [-0.2, -0.15) is 0 Å². The maximum absolute atomic E-state index is 5.27. The largest absolute Gasteiger partial charge is 0.228 e. The van der Waals surface area contributed by atoms with Crippen molar-refractivity contribution in [2.75, 3.05) is 0 Å². The number of thiophene rings is 1. The van der Waals surface area contributed by atoms with E-state index >= 15 is 0 Å². The minimum atomic E-state index is 0.710. The lowest BCUT2D eigenvalue weighted by Crippen LogP contribution is -1.97. The van der Waals surface area contributed by atoms with E-state index in [2.05, 4.69) is 176 Å². The van der Waals surface area contributed by atoms with Crippen molar-refractivity contribution < 1.29 is 0 Å². The molecule has 0 saturated heterocycles. The van der Waals surface area contributed by atoms with Crippen molar-refractivity contribution in [1.29, 1.82) is 0 Å². The average Bonchev–Trinajstić information content (AvgIpc) is 3.70. The van der Waals surface area contributed by atoms with Gasteiger partial charge >= 0.3 is 0 Å². The van der Waals surface area contributed by atoms with E-state index in [4.69, 9.17) is 9.97 Å². The van der Waals surface area contributed by atoms with Gasteiger partial charge in [-0.3, -0.25) is 0 Å². The predicted octanol–water partition coefficient (Wildman–Crippen LogP) is 14.6. The van der Waals surface area contributed by atoms with Gasteiger partial charge < -0.3 is 0 Å². The molecule has 0 N–H and O–H groups in total. The Balaban J connectivity index is 1.10. The zero-order chi connectivity index (χ0) is 36.3. The molecule has 55 heavy (non-hydrogen) atoms. The van der Waals surface area contributed by atoms with Gasteiger partial charge in [-0.05, 0) is 89.4 Å². The molecule has 0 unspecified atom stereocenters. The number of nitrogens with zero attached hydrogens (tertiary/aromatic N) is 2. The first-order chi connectivity index (χ1) is 27.2. The standard InChI is InChI=1S/C52H32N2S/c1-2-13-36(14-3-1)52-53-47(34-22-24-35(25-23-34)50-31-38-16-6-11-21-49(38)55-50)32-48(54-52)43-28-29-44(42-20-10-9-19-41(42)43)51-40-18-8-5-15-37(40)30-46-39-17-7-4-12-33(39)26-27-45(46)51/h1-32H. The smallest absolute Gasteiger partial charge is 0.160 e. The second kappa shape index (κ2) is 12.9. The van der Waals surface area contributed by atoms with Gasteiger partial charge in [0.2, 0.25) is 0 Å². The highest BCUT2D eigenvalue weighted by atomic mass is 32.1. The molecular formula is C52H32N2S. The molecule has 0 fully saturated rings. The molecule has 0 aliphatic carbocycles. The summed E-state index contributed by atoms with van der Waals surface area (Å²) in [6.07, 6.45) is 0. The minimum Gasteiger partial charge on any atom is -0.228 e. The summed E-state index contributed by atoms with van der Waals surface area (Å²) in [6.45, 7) is 0. The monoisotopic (exact) mass is 716 g/mol. The highest BCUT2D eigenvalue weighted by molar-refractivity contribution is 7.22. The molecule has 11 aromatic rings. The maximum atomic E-state index is 5.27. The molecule has 2 aromatic heterocycles. The van der Waals surface area contributed by atoms with Crippen molar-refractivity contribution in [2.24, 2.45) is 0 Å². The van der Waals surface area contributed by atoms with Crippen molar-refractivity contribution in [1.82, 2.24) is 9.97 Å². The summed E-state index contributed by atoms with van der Waals surface area (Å²) in [7, 11) is 0. The number of hydrogen-bond acceptors (Lipinski definition) is 3. The molecule has 0 saturated carbocycles. The minimum absolute atomic E-state index is 0.710. The molecule has 256 valence electrons. The summed E-state index contributed by atoms with van der Waals surface area (Å²) in [6, 6.07) is 69.9. The Morgan fingerprint density at radius 3 is 1.75 bits per heavy atom. The summed E-state index contributed by atoms with van der Waals surface area (Å²) >= 11 is 1.83. The van der Waals surface area contributed by atoms with Crippen LogP contribution < -0.4 is 0 Å². The Hall–Kier alpha value is -6.94. The van der Waals surface area contributed by atoms with Crippen LogP contribution in [0.4, 0.5) is 0 Å². The fourth-order valence-electron chi connectivity index (χ4n) is 8.23. The van der Waals surface area contributed by atoms with Crippen molar-refractivity contribution in [3.63, 3.8) is 0 Å². The molecule has 0 radical (unpaired) electrons. The first-order valence-electron chi connectivity index (χ1n) is 18.6. The van der Waals surface area contributed by atoms with Crippen LogP contribution in [-0.2, 0) is 0 Å². The normalized spacial score (nSPS) is 11.6. The molecule has 0 aliphatic heterocycles. The Labute approximate surface area is 322 Å². The van der Waals surface area contributed by atoms with Crippen molar-refractivity contribution >= 4 is 64.5 Å². The molecule has 0 bridgehead atoms. The maximum Gasteiger partial charge on any atom is 0.160 e. The summed E-state index contributed by atoms with van der Waals surface area (Å²) in [5.41, 5.74) is 8.60. The summed E-state index contributed by atoms with van der Waals surface area (Å²) in [5, 5.41) is 11.2. The van der Waals surface area contributed by atoms with Gasteiger partial charge in [-0.25, -0.2) is 9.97 Å². The van der Waals surface area contributed by atoms with Gasteiger partial charge in [0, 0.05) is 26.3 Å². The third-order valence-electron chi connectivity index (χ3n) is 10.9. The van der Waals surface area contributed by atoms with Gasteiger partial charge in [-0.1, -0.05) is 170 Å². The Bertz CT molecular complexity index is 3220. The van der Waals surface area contributed by atoms with Gasteiger partial charge in [0.1, 0.15) is 0 Å². The van der Waals surface area contributed by atoms with E-state index in [1.807, 2.05) is 29.5 Å². The second-order valence-corrected chi connectivity index (χ2v) is 15.2.